The van der Waals surface area contributed by atoms with Gasteiger partial charge in [-0.05, 0) is 24.3 Å². The average Bonchev–Trinajstić information content (AvgIpc) is 2.77. The largest absolute Gasteiger partial charge is 0.492 e. The lowest BCUT2D eigenvalue weighted by Crippen LogP contribution is -2.11. The van der Waals surface area contributed by atoms with Crippen LogP contribution >= 0.6 is 22.9 Å². The number of rotatable bonds is 5. The summed E-state index contributed by atoms with van der Waals surface area (Å²) in [6, 6.07) is 9.16. The lowest BCUT2D eigenvalue weighted by atomic mass is 10.3. The molecule has 1 aromatic heterocycles. The van der Waals surface area contributed by atoms with E-state index < -0.39 is 0 Å². The molecule has 0 spiro atoms. The zero-order chi connectivity index (χ0) is 13.7. The fraction of sp³-hybridized carbons (Fsp3) is 0.167. The molecule has 0 saturated carbocycles. The number of halogens is 1. The van der Waals surface area contributed by atoms with Crippen LogP contribution in [0.3, 0.4) is 0 Å². The molecule has 5 nitrogen and oxygen atoms in total. The van der Waals surface area contributed by atoms with Gasteiger partial charge in [-0.3, -0.25) is 0 Å². The molecule has 0 bridgehead atoms. The van der Waals surface area contributed by atoms with Gasteiger partial charge in [0.25, 0.3) is 0 Å². The van der Waals surface area contributed by atoms with E-state index in [0.717, 1.165) is 5.75 Å². The van der Waals surface area contributed by atoms with Gasteiger partial charge in [0, 0.05) is 5.69 Å². The lowest BCUT2D eigenvalue weighted by Gasteiger charge is -2.06. The summed E-state index contributed by atoms with van der Waals surface area (Å²) in [5.41, 5.74) is 6.27. The van der Waals surface area contributed by atoms with E-state index in [1.807, 2.05) is 18.2 Å². The Balaban J connectivity index is 1.77. The first kappa shape index (κ1) is 13.5. The van der Waals surface area contributed by atoms with Crippen LogP contribution in [0.5, 0.6) is 5.75 Å². The molecule has 98 valence electrons. The highest BCUT2D eigenvalue weighted by atomic mass is 35.5. The normalized spacial score (nSPS) is 9.89. The third kappa shape index (κ3) is 3.74. The molecular formula is C12H11ClN4OS. The molecule has 0 fully saturated rings. The number of ether oxygens (including phenoxy) is 1. The number of hydrogen-bond donors (Lipinski definition) is 2. The minimum absolute atomic E-state index is 0.231. The molecule has 2 aromatic rings. The first-order chi connectivity index (χ1) is 9.19. The highest BCUT2D eigenvalue weighted by Gasteiger charge is 2.07. The second kappa shape index (κ2) is 6.27. The van der Waals surface area contributed by atoms with Crippen molar-refractivity contribution in [1.82, 2.24) is 4.98 Å². The van der Waals surface area contributed by atoms with Crippen LogP contribution in [0.25, 0.3) is 0 Å². The van der Waals surface area contributed by atoms with Gasteiger partial charge in [0.2, 0.25) is 0 Å². The minimum atomic E-state index is 0.231. The Morgan fingerprint density at radius 2 is 2.16 bits per heavy atom. The number of nitrogens with zero attached hydrogens (tertiary/aromatic N) is 2. The van der Waals surface area contributed by atoms with Crippen LogP contribution in [-0.4, -0.2) is 18.1 Å². The van der Waals surface area contributed by atoms with Gasteiger partial charge in [-0.2, -0.15) is 5.26 Å². The summed E-state index contributed by atoms with van der Waals surface area (Å²) >= 11 is 6.98. The van der Waals surface area contributed by atoms with Crippen LogP contribution in [0.1, 0.15) is 4.88 Å². The number of anilines is 2. The maximum Gasteiger partial charge on any atom is 0.185 e. The lowest BCUT2D eigenvalue weighted by molar-refractivity contribution is 0.333. The summed E-state index contributed by atoms with van der Waals surface area (Å²) in [5.74, 6) is 0.755. The third-order valence-electron chi connectivity index (χ3n) is 2.21. The van der Waals surface area contributed by atoms with Crippen molar-refractivity contribution in [2.24, 2.45) is 0 Å². The second-order valence-electron chi connectivity index (χ2n) is 3.60. The molecule has 3 N–H and O–H groups in total. The number of aromatic nitrogens is 1. The molecule has 0 aliphatic rings. The number of nitrogens with two attached hydrogens (primary N) is 1. The van der Waals surface area contributed by atoms with Gasteiger partial charge in [0.1, 0.15) is 23.3 Å². The van der Waals surface area contributed by atoms with Gasteiger partial charge in [-0.1, -0.05) is 22.9 Å². The van der Waals surface area contributed by atoms with Crippen LogP contribution in [0.2, 0.25) is 5.15 Å². The predicted octanol–water partition coefficient (Wildman–Crippen LogP) is 2.74. The van der Waals surface area contributed by atoms with Crippen LogP contribution in [-0.2, 0) is 0 Å². The molecular weight excluding hydrogens is 284 g/mol. The topological polar surface area (TPSA) is 84.0 Å². The summed E-state index contributed by atoms with van der Waals surface area (Å²) in [6.07, 6.45) is 0. The molecule has 0 saturated heterocycles. The van der Waals surface area contributed by atoms with E-state index in [1.165, 1.54) is 11.3 Å². The van der Waals surface area contributed by atoms with Gasteiger partial charge < -0.3 is 15.8 Å². The average molecular weight is 295 g/mol. The number of nitrogens with one attached hydrogen (secondary N) is 1. The number of benzene rings is 1. The van der Waals surface area contributed by atoms with Crippen molar-refractivity contribution in [3.05, 3.63) is 34.3 Å². The Labute approximate surface area is 119 Å². The molecule has 0 aliphatic carbocycles. The Morgan fingerprint density at radius 1 is 1.42 bits per heavy atom. The summed E-state index contributed by atoms with van der Waals surface area (Å²) in [5, 5.41) is 12.6. The van der Waals surface area contributed by atoms with E-state index in [9.17, 15) is 0 Å². The van der Waals surface area contributed by atoms with Gasteiger partial charge >= 0.3 is 0 Å². The van der Waals surface area contributed by atoms with E-state index in [0.29, 0.717) is 28.8 Å². The summed E-state index contributed by atoms with van der Waals surface area (Å²) < 4.78 is 5.51. The molecule has 19 heavy (non-hydrogen) atoms. The van der Waals surface area contributed by atoms with E-state index >= 15 is 0 Å². The molecule has 7 heteroatoms. The smallest absolute Gasteiger partial charge is 0.185 e. The fourth-order valence-corrected chi connectivity index (χ4v) is 2.31. The highest BCUT2D eigenvalue weighted by Crippen LogP contribution is 2.25. The molecule has 0 atom stereocenters. The van der Waals surface area contributed by atoms with Crippen molar-refractivity contribution in [3.8, 4) is 11.8 Å². The highest BCUT2D eigenvalue weighted by molar-refractivity contribution is 7.16. The predicted molar refractivity (Wildman–Crippen MR) is 76.7 cm³/mol. The zero-order valence-electron chi connectivity index (χ0n) is 9.89. The molecule has 0 aliphatic heterocycles. The summed E-state index contributed by atoms with van der Waals surface area (Å²) in [7, 11) is 0. The van der Waals surface area contributed by atoms with E-state index in [1.54, 1.807) is 12.1 Å². The van der Waals surface area contributed by atoms with Gasteiger partial charge in [-0.15, -0.1) is 0 Å². The van der Waals surface area contributed by atoms with Crippen molar-refractivity contribution in [2.45, 2.75) is 0 Å². The van der Waals surface area contributed by atoms with Crippen LogP contribution in [0.4, 0.5) is 10.8 Å². The number of thiazole rings is 1. The molecule has 0 radical (unpaired) electrons. The monoisotopic (exact) mass is 294 g/mol. The van der Waals surface area contributed by atoms with E-state index in [-0.39, 0.29) is 5.15 Å². The van der Waals surface area contributed by atoms with Crippen molar-refractivity contribution < 1.29 is 4.74 Å². The van der Waals surface area contributed by atoms with E-state index in [2.05, 4.69) is 10.3 Å². The number of nitrogen functional groups attached to an aromatic ring is 1. The first-order valence-electron chi connectivity index (χ1n) is 5.47. The van der Waals surface area contributed by atoms with Crippen LogP contribution < -0.4 is 15.8 Å². The molecule has 2 rings (SSSR count). The zero-order valence-corrected chi connectivity index (χ0v) is 11.5. The van der Waals surface area contributed by atoms with Gasteiger partial charge in [0.05, 0.1) is 6.54 Å². The maximum absolute atomic E-state index is 8.75. The Kier molecular flexibility index (Phi) is 4.44. The number of nitriles is 1. The van der Waals surface area contributed by atoms with Gasteiger partial charge in [-0.25, -0.2) is 4.98 Å². The molecule has 0 unspecified atom stereocenters. The molecule has 1 aromatic carbocycles. The molecule has 1 heterocycles. The Hall–Kier alpha value is -1.97. The minimum Gasteiger partial charge on any atom is -0.492 e. The second-order valence-corrected chi connectivity index (χ2v) is 4.95. The standard InChI is InChI=1S/C12H11ClN4OS/c13-11-10(7-14)19-12(17-11)16-5-6-18-9-3-1-8(15)2-4-9/h1-4H,5-6,15H2,(H,16,17). The maximum atomic E-state index is 8.75. The van der Waals surface area contributed by atoms with Crippen molar-refractivity contribution in [2.75, 3.05) is 24.2 Å². The number of hydrogen-bond acceptors (Lipinski definition) is 6. The SMILES string of the molecule is N#Cc1sc(NCCOc2ccc(N)cc2)nc1Cl. The van der Waals surface area contributed by atoms with Crippen LogP contribution in [0.15, 0.2) is 24.3 Å². The quantitative estimate of drug-likeness (QED) is 0.654. The Morgan fingerprint density at radius 3 is 2.79 bits per heavy atom. The summed E-state index contributed by atoms with van der Waals surface area (Å²) in [6.45, 7) is 1.04. The molecule has 0 amide bonds. The van der Waals surface area contributed by atoms with Crippen molar-refractivity contribution >= 4 is 33.8 Å². The van der Waals surface area contributed by atoms with Crippen molar-refractivity contribution in [3.63, 3.8) is 0 Å². The fourth-order valence-electron chi connectivity index (χ4n) is 1.34. The summed E-state index contributed by atoms with van der Waals surface area (Å²) in [4.78, 5) is 4.42. The first-order valence-corrected chi connectivity index (χ1v) is 6.67. The van der Waals surface area contributed by atoms with Gasteiger partial charge in [0.15, 0.2) is 10.3 Å². The van der Waals surface area contributed by atoms with Crippen molar-refractivity contribution in [1.29, 1.82) is 5.26 Å². The third-order valence-corrected chi connectivity index (χ3v) is 3.52. The van der Waals surface area contributed by atoms with E-state index in [4.69, 9.17) is 27.3 Å². The Bertz CT molecular complexity index is 591. The van der Waals surface area contributed by atoms with Crippen LogP contribution in [0, 0.1) is 11.3 Å².